The molecule has 16 nitrogen and oxygen atoms in total. The Hall–Kier alpha value is -3.69. The largest absolute Gasteiger partial charge is 0.466 e. The monoisotopic (exact) mass is 1040 g/mol. The molecule has 376 valence electrons. The van der Waals surface area contributed by atoms with E-state index in [1.165, 1.54) is 6.92 Å². The molecule has 0 radical (unpaired) electrons. The average molecular weight is 1040 g/mol. The van der Waals surface area contributed by atoms with E-state index in [0.717, 1.165) is 5.56 Å². The lowest BCUT2D eigenvalue weighted by Crippen LogP contribution is -2.69. The van der Waals surface area contributed by atoms with Crippen LogP contribution in [-0.2, 0) is 66.1 Å². The summed E-state index contributed by atoms with van der Waals surface area (Å²) < 4.78 is 75.2. The number of hydrogen-bond donors (Lipinski definition) is 1. The van der Waals surface area contributed by atoms with Crippen LogP contribution < -0.4 is 0 Å². The number of alkyl halides is 3. The van der Waals surface area contributed by atoms with E-state index in [1.807, 2.05) is 60.7 Å². The molecule has 20 heteroatoms. The standard InChI is InChI=1S/C49H60Cl3NO15Si/c1-28(54)57-25-24-48(5,6)46(56)66-38-36(34-32(61-44(38)67-45(53)49(50,51)52)26-58-41(63-34)30-20-14-10-15-21-30)65-43-39(62-40(55)29-18-12-9-13-19-29)37(68-69(7,8)47(2,3)4)35-33(60-43)27-59-42(64-35)31-22-16-11-17-23-31/h9-23,32-39,41-44,53H,24-27H2,1-8H3/t32-,33-,34-,35-,36+,37+,38-,39-,41?,42?,43+,44-/m1/s1. The third-order valence-electron chi connectivity index (χ3n) is 12.8. The van der Waals surface area contributed by atoms with Crippen molar-refractivity contribution < 1.29 is 70.9 Å². The summed E-state index contributed by atoms with van der Waals surface area (Å²) in [6.07, 6.45) is -14.3. The minimum absolute atomic E-state index is 0.00212. The highest BCUT2D eigenvalue weighted by molar-refractivity contribution is 6.76. The van der Waals surface area contributed by atoms with Gasteiger partial charge in [-0.1, -0.05) is 134 Å². The number of ether oxygens (including phenoxy) is 11. The van der Waals surface area contributed by atoms with Crippen LogP contribution in [0, 0.1) is 10.8 Å². The SMILES string of the molecule is CC(=O)OCCC(C)(C)C(=O)O[C@H]1[C@@H](OC(=N)C(Cl)(Cl)Cl)O[C@@H]2COC(c3ccccc3)O[C@H]2[C@@H]1O[C@@H]1O[C@@H]2COC(c3ccccc3)O[C@H]2[C@H](O[Si](C)(C)C(C)(C)C)[C@H]1OC(=O)c1ccccc1. The van der Waals surface area contributed by atoms with Crippen molar-refractivity contribution in [2.45, 2.75) is 144 Å². The van der Waals surface area contributed by atoms with Gasteiger partial charge in [0.15, 0.2) is 39.4 Å². The predicted molar refractivity (Wildman–Crippen MR) is 254 cm³/mol. The maximum atomic E-state index is 14.4. The van der Waals surface area contributed by atoms with Crippen LogP contribution in [0.25, 0.3) is 0 Å². The Bertz CT molecular complexity index is 2230. The van der Waals surface area contributed by atoms with Crippen LogP contribution in [0.2, 0.25) is 18.1 Å². The van der Waals surface area contributed by atoms with E-state index in [-0.39, 0.29) is 36.8 Å². The van der Waals surface area contributed by atoms with Gasteiger partial charge in [0, 0.05) is 18.1 Å². The fraction of sp³-hybridized carbons (Fsp3) is 0.551. The van der Waals surface area contributed by atoms with Crippen LogP contribution in [0.15, 0.2) is 91.0 Å². The molecule has 4 aliphatic heterocycles. The number of carbonyl (C=O) groups excluding carboxylic acids is 3. The number of carbonyl (C=O) groups is 3. The van der Waals surface area contributed by atoms with Crippen molar-refractivity contribution in [2.24, 2.45) is 5.41 Å². The average Bonchev–Trinajstić information content (AvgIpc) is 3.30. The predicted octanol–water partition coefficient (Wildman–Crippen LogP) is 8.92. The zero-order chi connectivity index (χ0) is 49.9. The van der Waals surface area contributed by atoms with Crippen molar-refractivity contribution in [3.63, 3.8) is 0 Å². The Morgan fingerprint density at radius 3 is 1.67 bits per heavy atom. The highest BCUT2D eigenvalue weighted by atomic mass is 35.6. The number of benzene rings is 3. The Labute approximate surface area is 418 Å². The van der Waals surface area contributed by atoms with E-state index in [2.05, 4.69) is 33.9 Å². The van der Waals surface area contributed by atoms with Crippen molar-refractivity contribution in [3.8, 4) is 0 Å². The smallest absolute Gasteiger partial charge is 0.338 e. The molecule has 0 spiro atoms. The van der Waals surface area contributed by atoms with Gasteiger partial charge in [-0.2, -0.15) is 0 Å². The summed E-state index contributed by atoms with van der Waals surface area (Å²) in [5.41, 5.74) is 0.363. The molecule has 0 bridgehead atoms. The Kier molecular flexibility index (Phi) is 16.9. The summed E-state index contributed by atoms with van der Waals surface area (Å²) in [5.74, 6) is -2.89. The molecule has 2 unspecified atom stereocenters. The molecule has 3 aromatic rings. The Balaban J connectivity index is 1.34. The highest BCUT2D eigenvalue weighted by Crippen LogP contribution is 2.45. The fourth-order valence-corrected chi connectivity index (χ4v) is 9.29. The molecule has 4 saturated heterocycles. The maximum Gasteiger partial charge on any atom is 0.338 e. The molecule has 3 aromatic carbocycles. The first-order valence-corrected chi connectivity index (χ1v) is 26.8. The van der Waals surface area contributed by atoms with Crippen molar-refractivity contribution in [1.29, 1.82) is 5.41 Å². The molecule has 4 heterocycles. The molecule has 0 saturated carbocycles. The van der Waals surface area contributed by atoms with Crippen molar-refractivity contribution >= 4 is 66.9 Å². The summed E-state index contributed by atoms with van der Waals surface area (Å²) in [6.45, 7) is 14.7. The number of halogens is 3. The molecule has 0 aliphatic carbocycles. The molecule has 4 aliphatic rings. The van der Waals surface area contributed by atoms with Crippen molar-refractivity contribution in [3.05, 3.63) is 108 Å². The quantitative estimate of drug-likeness (QED) is 0.0403. The van der Waals surface area contributed by atoms with Gasteiger partial charge in [-0.25, -0.2) is 4.79 Å². The lowest BCUT2D eigenvalue weighted by atomic mass is 9.89. The summed E-state index contributed by atoms with van der Waals surface area (Å²) in [7, 11) is -2.79. The molecular weight excluding hydrogens is 977 g/mol. The second-order valence-corrected chi connectivity index (χ2v) is 26.4. The highest BCUT2D eigenvalue weighted by Gasteiger charge is 2.60. The van der Waals surface area contributed by atoms with Crippen LogP contribution in [0.4, 0.5) is 0 Å². The number of hydrogen-bond acceptors (Lipinski definition) is 16. The molecule has 12 atom stereocenters. The first-order chi connectivity index (χ1) is 32.5. The lowest BCUT2D eigenvalue weighted by molar-refractivity contribution is -0.399. The molecule has 4 fully saturated rings. The van der Waals surface area contributed by atoms with Crippen LogP contribution in [0.1, 0.15) is 82.0 Å². The minimum Gasteiger partial charge on any atom is -0.466 e. The molecule has 7 rings (SSSR count). The number of esters is 3. The second-order valence-electron chi connectivity index (χ2n) is 19.4. The molecule has 0 aromatic heterocycles. The molecule has 69 heavy (non-hydrogen) atoms. The molecule has 0 amide bonds. The summed E-state index contributed by atoms with van der Waals surface area (Å²) in [6, 6.07) is 27.0. The third-order valence-corrected chi connectivity index (χ3v) is 17.8. The topological polar surface area (TPSA) is 186 Å². The van der Waals surface area contributed by atoms with Crippen molar-refractivity contribution in [2.75, 3.05) is 19.8 Å². The lowest BCUT2D eigenvalue weighted by Gasteiger charge is -2.53. The van der Waals surface area contributed by atoms with Gasteiger partial charge >= 0.3 is 17.9 Å². The van der Waals surface area contributed by atoms with Gasteiger partial charge in [0.05, 0.1) is 30.8 Å². The van der Waals surface area contributed by atoms with Gasteiger partial charge < -0.3 is 56.5 Å². The van der Waals surface area contributed by atoms with Gasteiger partial charge in [-0.3, -0.25) is 15.0 Å². The van der Waals surface area contributed by atoms with Gasteiger partial charge in [0.25, 0.3) is 3.79 Å². The molecule has 1 N–H and O–H groups in total. The second kappa shape index (κ2) is 22.0. The van der Waals surface area contributed by atoms with E-state index in [0.29, 0.717) is 5.56 Å². The summed E-state index contributed by atoms with van der Waals surface area (Å²) in [4.78, 5) is 40.5. The zero-order valence-electron chi connectivity index (χ0n) is 39.7. The Morgan fingerprint density at radius 1 is 0.667 bits per heavy atom. The van der Waals surface area contributed by atoms with Crippen LogP contribution >= 0.6 is 34.8 Å². The van der Waals surface area contributed by atoms with E-state index < -0.39 is 115 Å². The van der Waals surface area contributed by atoms with E-state index in [9.17, 15) is 14.4 Å². The number of nitrogens with one attached hydrogen (secondary N) is 1. The first-order valence-electron chi connectivity index (χ1n) is 22.7. The zero-order valence-corrected chi connectivity index (χ0v) is 42.9. The van der Waals surface area contributed by atoms with Gasteiger partial charge in [0.2, 0.25) is 12.2 Å². The normalized spacial score (nSPS) is 29.7. The van der Waals surface area contributed by atoms with Crippen LogP contribution in [0.3, 0.4) is 0 Å². The summed E-state index contributed by atoms with van der Waals surface area (Å²) >= 11 is 18.5. The van der Waals surface area contributed by atoms with Crippen LogP contribution in [-0.4, -0.2) is 117 Å². The van der Waals surface area contributed by atoms with Crippen molar-refractivity contribution in [1.82, 2.24) is 0 Å². The van der Waals surface area contributed by atoms with Gasteiger partial charge in [-0.05, 0) is 50.5 Å². The van der Waals surface area contributed by atoms with E-state index in [4.69, 9.17) is 96.7 Å². The first kappa shape index (κ1) is 53.1. The summed E-state index contributed by atoms with van der Waals surface area (Å²) in [5, 5.41) is 8.27. The van der Waals surface area contributed by atoms with Gasteiger partial charge in [0.1, 0.15) is 36.6 Å². The van der Waals surface area contributed by atoms with Crippen LogP contribution in [0.5, 0.6) is 0 Å². The van der Waals surface area contributed by atoms with E-state index in [1.54, 1.807) is 44.2 Å². The number of fused-ring (bicyclic) bond motifs is 2. The minimum atomic E-state index is -2.79. The van der Waals surface area contributed by atoms with Gasteiger partial charge in [-0.15, -0.1) is 0 Å². The molecular formula is C49H60Cl3NO15Si. The van der Waals surface area contributed by atoms with E-state index >= 15 is 0 Å². The fourth-order valence-electron chi connectivity index (χ4n) is 7.85. The Morgan fingerprint density at radius 2 is 1.16 bits per heavy atom. The maximum absolute atomic E-state index is 14.4. The number of rotatable bonds is 14. The third kappa shape index (κ3) is 12.9.